The van der Waals surface area contributed by atoms with Gasteiger partial charge in [0.2, 0.25) is 0 Å². The third kappa shape index (κ3) is 2.12. The van der Waals surface area contributed by atoms with Gasteiger partial charge in [0.1, 0.15) is 13.1 Å². The van der Waals surface area contributed by atoms with Gasteiger partial charge in [0.25, 0.3) is 0 Å². The van der Waals surface area contributed by atoms with Gasteiger partial charge in [-0.2, -0.15) is 4.81 Å². The maximum atomic E-state index is 11.2. The van der Waals surface area contributed by atoms with Crippen LogP contribution >= 0.6 is 0 Å². The zero-order chi connectivity index (χ0) is 8.32. The summed E-state index contributed by atoms with van der Waals surface area (Å²) >= 11 is 0. The molecule has 0 saturated carbocycles. The predicted octanol–water partition coefficient (Wildman–Crippen LogP) is -0.798. The maximum Gasteiger partial charge on any atom is 0.355 e. The summed E-state index contributed by atoms with van der Waals surface area (Å²) in [7, 11) is 0. The highest BCUT2D eigenvalue weighted by Gasteiger charge is 2.23. The molecule has 1 aliphatic rings. The Bertz CT molecular complexity index is 143. The van der Waals surface area contributed by atoms with Gasteiger partial charge in [-0.15, -0.1) is 0 Å². The van der Waals surface area contributed by atoms with Crippen molar-refractivity contribution in [3.8, 4) is 0 Å². The van der Waals surface area contributed by atoms with E-state index in [4.69, 9.17) is 0 Å². The van der Waals surface area contributed by atoms with E-state index in [-0.39, 0.29) is 32.7 Å². The van der Waals surface area contributed by atoms with E-state index in [0.717, 1.165) is 5.06 Å². The highest BCUT2D eigenvalue weighted by molar-refractivity contribution is 5.35. The van der Waals surface area contributed by atoms with Crippen molar-refractivity contribution in [2.45, 2.75) is 0 Å². The molecule has 64 valence electrons. The van der Waals surface area contributed by atoms with Crippen LogP contribution in [0, 0.1) is 10.4 Å². The first kappa shape index (κ1) is 8.41. The number of hydrogen-bond donors (Lipinski definition) is 0. The average molecular weight is 161 g/mol. The van der Waals surface area contributed by atoms with Gasteiger partial charge in [0.05, 0.1) is 0 Å². The summed E-state index contributed by atoms with van der Waals surface area (Å²) in [5, 5.41) is 22.5. The highest BCUT2D eigenvalue weighted by atomic mass is 16.9. The van der Waals surface area contributed by atoms with E-state index < -0.39 is 4.81 Å². The monoisotopic (exact) mass is 161 g/mol. The zero-order valence-electron chi connectivity index (χ0n) is 5.93. The molecule has 1 heterocycles. The van der Waals surface area contributed by atoms with Crippen LogP contribution in [0.4, 0.5) is 0 Å². The highest BCUT2D eigenvalue weighted by Crippen LogP contribution is 2.09. The standard InChI is InChI=1S/C5H9N2O4/c8-5-11-7(10)3-1-6(9)2-4-7/h5H,1-4H2/q-1. The molecule has 0 aromatic rings. The van der Waals surface area contributed by atoms with Crippen molar-refractivity contribution in [2.75, 3.05) is 26.2 Å². The van der Waals surface area contributed by atoms with Gasteiger partial charge in [-0.1, -0.05) is 0 Å². The third-order valence-electron chi connectivity index (χ3n) is 1.62. The second-order valence-electron chi connectivity index (χ2n) is 2.39. The number of rotatable bonds is 2. The Morgan fingerprint density at radius 3 is 2.45 bits per heavy atom. The van der Waals surface area contributed by atoms with E-state index in [9.17, 15) is 15.2 Å². The van der Waals surface area contributed by atoms with E-state index in [2.05, 4.69) is 4.84 Å². The molecular formula is C5H9N2O4-. The molecule has 0 aromatic heterocycles. The van der Waals surface area contributed by atoms with Crippen molar-refractivity contribution in [3.63, 3.8) is 0 Å². The Kier molecular flexibility index (Phi) is 2.40. The molecule has 0 unspecified atom stereocenters. The number of carbonyl (C=O) groups is 1. The summed E-state index contributed by atoms with van der Waals surface area (Å²) in [6.45, 7) is 0.395. The van der Waals surface area contributed by atoms with Crippen molar-refractivity contribution in [1.29, 1.82) is 0 Å². The van der Waals surface area contributed by atoms with Crippen LogP contribution in [-0.4, -0.2) is 42.5 Å². The van der Waals surface area contributed by atoms with Crippen molar-refractivity contribution in [3.05, 3.63) is 10.4 Å². The van der Waals surface area contributed by atoms with Gasteiger partial charge in [0, 0.05) is 13.1 Å². The van der Waals surface area contributed by atoms with Crippen LogP contribution in [0.3, 0.4) is 0 Å². The van der Waals surface area contributed by atoms with Crippen LogP contribution in [0.1, 0.15) is 0 Å². The lowest BCUT2D eigenvalue weighted by molar-refractivity contribution is -1.05. The maximum absolute atomic E-state index is 11.2. The number of carbonyl (C=O) groups excluding carboxylic acids is 1. The molecule has 0 atom stereocenters. The minimum Gasteiger partial charge on any atom is -0.785 e. The fourth-order valence-corrected chi connectivity index (χ4v) is 0.935. The molecule has 6 nitrogen and oxygen atoms in total. The fraction of sp³-hybridized carbons (Fsp3) is 0.800. The Hall–Kier alpha value is -0.690. The molecule has 0 amide bonds. The van der Waals surface area contributed by atoms with E-state index in [0.29, 0.717) is 0 Å². The summed E-state index contributed by atoms with van der Waals surface area (Å²) < 4.78 is 0. The Balaban J connectivity index is 2.41. The molecule has 1 rings (SSSR count). The first-order valence-electron chi connectivity index (χ1n) is 3.28. The Morgan fingerprint density at radius 1 is 1.45 bits per heavy atom. The van der Waals surface area contributed by atoms with E-state index in [1.54, 1.807) is 0 Å². The molecular weight excluding hydrogens is 152 g/mol. The molecule has 0 bridgehead atoms. The number of piperazine rings is 1. The van der Waals surface area contributed by atoms with Crippen molar-refractivity contribution < 1.29 is 14.4 Å². The summed E-state index contributed by atoms with van der Waals surface area (Å²) in [6, 6.07) is 0. The SMILES string of the molecule is O=CO[N+]1([O-])CCN([O-])CC1. The number of nitrogens with zero attached hydrogens (tertiary/aromatic N) is 2. The second-order valence-corrected chi connectivity index (χ2v) is 2.39. The van der Waals surface area contributed by atoms with Crippen LogP contribution < -0.4 is 0 Å². The van der Waals surface area contributed by atoms with Crippen LogP contribution in [0.2, 0.25) is 0 Å². The molecule has 0 radical (unpaired) electrons. The molecule has 1 saturated heterocycles. The quantitative estimate of drug-likeness (QED) is 0.301. The van der Waals surface area contributed by atoms with Crippen molar-refractivity contribution in [1.82, 2.24) is 5.06 Å². The average Bonchev–Trinajstić information content (AvgIpc) is 1.97. The Morgan fingerprint density at radius 2 is 2.00 bits per heavy atom. The van der Waals surface area contributed by atoms with E-state index in [1.165, 1.54) is 0 Å². The number of quaternary nitrogens is 1. The summed E-state index contributed by atoms with van der Waals surface area (Å²) in [5.74, 6) is 0. The smallest absolute Gasteiger partial charge is 0.355 e. The van der Waals surface area contributed by atoms with E-state index >= 15 is 0 Å². The van der Waals surface area contributed by atoms with Gasteiger partial charge < -0.3 is 15.5 Å². The van der Waals surface area contributed by atoms with Crippen molar-refractivity contribution >= 4 is 6.47 Å². The lowest BCUT2D eigenvalue weighted by Crippen LogP contribution is -2.54. The lowest BCUT2D eigenvalue weighted by Gasteiger charge is -2.45. The number of hydrogen-bond acceptors (Lipinski definition) is 5. The lowest BCUT2D eigenvalue weighted by atomic mass is 10.4. The molecule has 11 heavy (non-hydrogen) atoms. The Labute approximate surface area is 63.6 Å². The first-order valence-corrected chi connectivity index (χ1v) is 3.28. The molecule has 1 fully saturated rings. The summed E-state index contributed by atoms with van der Waals surface area (Å²) in [5.41, 5.74) is 0. The summed E-state index contributed by atoms with van der Waals surface area (Å²) in [6.07, 6.45) is 0. The van der Waals surface area contributed by atoms with Gasteiger partial charge in [0.15, 0.2) is 0 Å². The molecule has 0 N–H and O–H groups in total. The normalized spacial score (nSPS) is 24.5. The van der Waals surface area contributed by atoms with Crippen LogP contribution in [-0.2, 0) is 9.63 Å². The van der Waals surface area contributed by atoms with Gasteiger partial charge in [-0.25, -0.2) is 4.79 Å². The fourth-order valence-electron chi connectivity index (χ4n) is 0.935. The first-order chi connectivity index (χ1) is 5.16. The summed E-state index contributed by atoms with van der Waals surface area (Å²) in [4.78, 5) is 13.1. The molecule has 0 aromatic carbocycles. The second kappa shape index (κ2) is 3.14. The third-order valence-corrected chi connectivity index (χ3v) is 1.62. The molecule has 1 aliphatic heterocycles. The van der Waals surface area contributed by atoms with Gasteiger partial charge in [-0.05, 0) is 0 Å². The van der Waals surface area contributed by atoms with Crippen molar-refractivity contribution in [2.24, 2.45) is 0 Å². The minimum atomic E-state index is -1.03. The number of hydroxylamine groups is 6. The van der Waals surface area contributed by atoms with Crippen LogP contribution in [0.5, 0.6) is 0 Å². The molecule has 6 heteroatoms. The molecule has 0 aliphatic carbocycles. The van der Waals surface area contributed by atoms with Crippen LogP contribution in [0.25, 0.3) is 0 Å². The predicted molar refractivity (Wildman–Crippen MR) is 35.5 cm³/mol. The zero-order valence-corrected chi connectivity index (χ0v) is 5.93. The molecule has 0 spiro atoms. The minimum absolute atomic E-state index is 0.0161. The van der Waals surface area contributed by atoms with Crippen LogP contribution in [0.15, 0.2) is 0 Å². The van der Waals surface area contributed by atoms with Gasteiger partial charge >= 0.3 is 6.47 Å². The largest absolute Gasteiger partial charge is 0.785 e. The topological polar surface area (TPSA) is 75.7 Å². The van der Waals surface area contributed by atoms with Gasteiger partial charge in [-0.3, -0.25) is 4.84 Å². The van der Waals surface area contributed by atoms with E-state index in [1.807, 2.05) is 0 Å².